The lowest BCUT2D eigenvalue weighted by Crippen LogP contribution is -2.24. The molecule has 0 saturated carbocycles. The van der Waals surface area contributed by atoms with Gasteiger partial charge in [0.25, 0.3) is 0 Å². The summed E-state index contributed by atoms with van der Waals surface area (Å²) in [5.41, 5.74) is 0.129. The maximum absolute atomic E-state index is 11.5. The Kier molecular flexibility index (Phi) is 4.77. The molecule has 2 rings (SSSR count). The maximum Gasteiger partial charge on any atom is 0.340 e. The number of carboxylic acid groups (broad SMARTS) is 1. The fraction of sp³-hybridized carbons (Fsp3) is 0.250. The molecule has 0 aromatic heterocycles. The Labute approximate surface area is 122 Å². The highest BCUT2D eigenvalue weighted by Gasteiger charge is 2.15. The zero-order chi connectivity index (χ0) is 15.2. The zero-order valence-electron chi connectivity index (χ0n) is 11.8. The van der Waals surface area contributed by atoms with Gasteiger partial charge in [0, 0.05) is 6.54 Å². The van der Waals surface area contributed by atoms with Gasteiger partial charge in [-0.25, -0.2) is 4.79 Å². The molecule has 0 atom stereocenters. The summed E-state index contributed by atoms with van der Waals surface area (Å²) in [6.45, 7) is 2.55. The van der Waals surface area contributed by atoms with E-state index in [0.717, 1.165) is 5.39 Å². The number of carboxylic acids is 1. The molecule has 2 N–H and O–H groups in total. The summed E-state index contributed by atoms with van der Waals surface area (Å²) in [4.78, 5) is 22.8. The molecule has 110 valence electrons. The summed E-state index contributed by atoms with van der Waals surface area (Å²) in [7, 11) is 0. The smallest absolute Gasteiger partial charge is 0.340 e. The first-order valence-electron chi connectivity index (χ1n) is 6.78. The van der Waals surface area contributed by atoms with Gasteiger partial charge in [0.15, 0.2) is 0 Å². The van der Waals surface area contributed by atoms with Crippen molar-refractivity contribution in [2.45, 2.75) is 13.3 Å². The number of carbonyl (C=O) groups excluding carboxylic acids is 1. The van der Waals surface area contributed by atoms with Gasteiger partial charge in [0.1, 0.15) is 11.3 Å². The van der Waals surface area contributed by atoms with Gasteiger partial charge in [0.2, 0.25) is 5.91 Å². The first kappa shape index (κ1) is 14.8. The molecule has 0 bridgehead atoms. The molecule has 0 fully saturated rings. The molecule has 0 saturated heterocycles. The minimum Gasteiger partial charge on any atom is -0.492 e. The molecule has 1 amide bonds. The molecular formula is C16H17NO4. The third-order valence-electron chi connectivity index (χ3n) is 3.07. The van der Waals surface area contributed by atoms with Crippen LogP contribution >= 0.6 is 0 Å². The van der Waals surface area contributed by atoms with E-state index >= 15 is 0 Å². The van der Waals surface area contributed by atoms with Gasteiger partial charge >= 0.3 is 5.97 Å². The first-order chi connectivity index (χ1) is 10.1. The van der Waals surface area contributed by atoms with E-state index in [2.05, 4.69) is 5.32 Å². The van der Waals surface area contributed by atoms with Gasteiger partial charge in [-0.2, -0.15) is 0 Å². The van der Waals surface area contributed by atoms with Gasteiger partial charge in [0.05, 0.1) is 13.0 Å². The number of rotatable bonds is 6. The number of carbonyl (C=O) groups is 2. The Balaban J connectivity index is 2.21. The van der Waals surface area contributed by atoms with Crippen LogP contribution in [0, 0.1) is 0 Å². The van der Waals surface area contributed by atoms with Crippen molar-refractivity contribution in [2.24, 2.45) is 0 Å². The second-order valence-corrected chi connectivity index (χ2v) is 4.52. The minimum absolute atomic E-state index is 0.116. The van der Waals surface area contributed by atoms with E-state index in [-0.39, 0.29) is 30.2 Å². The third kappa shape index (κ3) is 3.51. The third-order valence-corrected chi connectivity index (χ3v) is 3.07. The average Bonchev–Trinajstić information content (AvgIpc) is 2.46. The van der Waals surface area contributed by atoms with Crippen molar-refractivity contribution >= 4 is 22.6 Å². The van der Waals surface area contributed by atoms with E-state index < -0.39 is 5.97 Å². The number of amides is 1. The predicted molar refractivity (Wildman–Crippen MR) is 79.7 cm³/mol. The molecule has 21 heavy (non-hydrogen) atoms. The number of fused-ring (bicyclic) bond motifs is 1. The minimum atomic E-state index is -1.04. The van der Waals surface area contributed by atoms with E-state index in [9.17, 15) is 14.7 Å². The van der Waals surface area contributed by atoms with Crippen molar-refractivity contribution in [3.05, 3.63) is 42.0 Å². The van der Waals surface area contributed by atoms with Crippen LogP contribution in [0.5, 0.6) is 5.75 Å². The summed E-state index contributed by atoms with van der Waals surface area (Å²) < 4.78 is 5.48. The van der Waals surface area contributed by atoms with Crippen molar-refractivity contribution in [2.75, 3.05) is 13.2 Å². The van der Waals surface area contributed by atoms with Crippen molar-refractivity contribution in [1.29, 1.82) is 0 Å². The highest BCUT2D eigenvalue weighted by Crippen LogP contribution is 2.28. The van der Waals surface area contributed by atoms with Crippen LogP contribution in [-0.4, -0.2) is 30.1 Å². The number of aromatic carboxylic acids is 1. The fourth-order valence-corrected chi connectivity index (χ4v) is 2.13. The molecule has 5 nitrogen and oxygen atoms in total. The summed E-state index contributed by atoms with van der Waals surface area (Å²) >= 11 is 0. The Morgan fingerprint density at radius 2 is 1.95 bits per heavy atom. The Morgan fingerprint density at radius 1 is 1.19 bits per heavy atom. The van der Waals surface area contributed by atoms with E-state index in [4.69, 9.17) is 4.74 Å². The van der Waals surface area contributed by atoms with E-state index in [0.29, 0.717) is 11.9 Å². The van der Waals surface area contributed by atoms with Crippen molar-refractivity contribution in [1.82, 2.24) is 5.32 Å². The molecule has 0 unspecified atom stereocenters. The molecule has 2 aromatic carbocycles. The van der Waals surface area contributed by atoms with E-state index in [1.165, 1.54) is 0 Å². The largest absolute Gasteiger partial charge is 0.492 e. The van der Waals surface area contributed by atoms with Crippen LogP contribution in [0.4, 0.5) is 0 Å². The van der Waals surface area contributed by atoms with Crippen LogP contribution in [0.25, 0.3) is 10.8 Å². The summed E-state index contributed by atoms with van der Waals surface area (Å²) in [5.74, 6) is -0.875. The first-order valence-corrected chi connectivity index (χ1v) is 6.78. The van der Waals surface area contributed by atoms with Crippen LogP contribution in [0.2, 0.25) is 0 Å². The average molecular weight is 287 g/mol. The highest BCUT2D eigenvalue weighted by atomic mass is 16.5. The van der Waals surface area contributed by atoms with Crippen LogP contribution in [-0.2, 0) is 4.79 Å². The molecule has 5 heteroatoms. The van der Waals surface area contributed by atoms with Gasteiger partial charge in [-0.1, -0.05) is 30.3 Å². The topological polar surface area (TPSA) is 75.6 Å². The summed E-state index contributed by atoms with van der Waals surface area (Å²) in [6, 6.07) is 10.7. The zero-order valence-corrected chi connectivity index (χ0v) is 11.8. The quantitative estimate of drug-likeness (QED) is 0.855. The molecule has 0 aliphatic carbocycles. The fourth-order valence-electron chi connectivity index (χ4n) is 2.13. The molecule has 0 radical (unpaired) electrons. The number of hydrogen-bond acceptors (Lipinski definition) is 3. The number of ether oxygens (including phenoxy) is 1. The van der Waals surface area contributed by atoms with Crippen LogP contribution in [0.3, 0.4) is 0 Å². The van der Waals surface area contributed by atoms with Crippen LogP contribution in [0.15, 0.2) is 36.4 Å². The normalized spacial score (nSPS) is 10.3. The van der Waals surface area contributed by atoms with E-state index in [1.807, 2.05) is 25.1 Å². The highest BCUT2D eigenvalue weighted by molar-refractivity contribution is 6.06. The molecular weight excluding hydrogens is 270 g/mol. The molecule has 0 aliphatic heterocycles. The van der Waals surface area contributed by atoms with Crippen molar-refractivity contribution < 1.29 is 19.4 Å². The Bertz CT molecular complexity index is 666. The lowest BCUT2D eigenvalue weighted by atomic mass is 10.0. The van der Waals surface area contributed by atoms with E-state index in [1.54, 1.807) is 18.2 Å². The lowest BCUT2D eigenvalue weighted by Gasteiger charge is -2.11. The number of hydrogen-bond donors (Lipinski definition) is 2. The molecule has 0 heterocycles. The standard InChI is InChI=1S/C16H17NO4/c1-2-17-14(18)9-10-21-13-8-7-11-5-3-4-6-12(11)15(13)16(19)20/h3-8H,2,9-10H2,1H3,(H,17,18)(H,19,20). The predicted octanol–water partition coefficient (Wildman–Crippen LogP) is 2.44. The van der Waals surface area contributed by atoms with Crippen LogP contribution in [0.1, 0.15) is 23.7 Å². The number of benzene rings is 2. The van der Waals surface area contributed by atoms with Gasteiger partial charge < -0.3 is 15.2 Å². The van der Waals surface area contributed by atoms with Gasteiger partial charge in [-0.3, -0.25) is 4.79 Å². The molecule has 2 aromatic rings. The van der Waals surface area contributed by atoms with Crippen LogP contribution < -0.4 is 10.1 Å². The second-order valence-electron chi connectivity index (χ2n) is 4.52. The molecule has 0 aliphatic rings. The van der Waals surface area contributed by atoms with Crippen molar-refractivity contribution in [3.63, 3.8) is 0 Å². The van der Waals surface area contributed by atoms with Gasteiger partial charge in [-0.15, -0.1) is 0 Å². The molecule has 0 spiro atoms. The van der Waals surface area contributed by atoms with Gasteiger partial charge in [-0.05, 0) is 23.8 Å². The second kappa shape index (κ2) is 6.74. The van der Waals surface area contributed by atoms with Crippen molar-refractivity contribution in [3.8, 4) is 5.75 Å². The SMILES string of the molecule is CCNC(=O)CCOc1ccc2ccccc2c1C(=O)O. The Morgan fingerprint density at radius 3 is 2.67 bits per heavy atom. The summed E-state index contributed by atoms with van der Waals surface area (Å²) in [5, 5.41) is 13.5. The Hall–Kier alpha value is -2.56. The number of nitrogens with one attached hydrogen (secondary N) is 1. The maximum atomic E-state index is 11.5. The summed E-state index contributed by atoms with van der Waals surface area (Å²) in [6.07, 6.45) is 0.194. The monoisotopic (exact) mass is 287 g/mol. The lowest BCUT2D eigenvalue weighted by molar-refractivity contribution is -0.121.